The van der Waals surface area contributed by atoms with Gasteiger partial charge in [0.2, 0.25) is 5.13 Å². The molecule has 0 bridgehead atoms. The number of hydrogen-bond donors (Lipinski definition) is 0. The molecule has 0 N–H and O–H groups in total. The van der Waals surface area contributed by atoms with Crippen LogP contribution in [-0.4, -0.2) is 27.6 Å². The Morgan fingerprint density at radius 1 is 1.03 bits per heavy atom. The Labute approximate surface area is 209 Å². The number of para-hydroxylation sites is 1. The first-order valence-electron chi connectivity index (χ1n) is 10.8. The van der Waals surface area contributed by atoms with Gasteiger partial charge in [-0.05, 0) is 43.3 Å². The summed E-state index contributed by atoms with van der Waals surface area (Å²) >= 11 is 1.21. The van der Waals surface area contributed by atoms with Gasteiger partial charge in [-0.15, -0.1) is 11.3 Å². The Kier molecular flexibility index (Phi) is 6.29. The number of carbonyl (C=O) groups excluding carboxylic acids is 1. The van der Waals surface area contributed by atoms with Crippen LogP contribution in [0.4, 0.5) is 16.5 Å². The van der Waals surface area contributed by atoms with E-state index in [0.29, 0.717) is 33.5 Å². The summed E-state index contributed by atoms with van der Waals surface area (Å²) in [6, 6.07) is 21.8. The number of hydrogen-bond acceptors (Lipinski definition) is 9. The Hall–Kier alpha value is -4.77. The molecule has 0 radical (unpaired) electrons. The number of ether oxygens (including phenoxy) is 1. The van der Waals surface area contributed by atoms with Crippen molar-refractivity contribution in [2.24, 2.45) is 15.3 Å². The first kappa shape index (κ1) is 23.0. The molecule has 36 heavy (non-hydrogen) atoms. The number of azo groups is 1. The highest BCUT2D eigenvalue weighted by Crippen LogP contribution is 2.32. The largest absolute Gasteiger partial charge is 0.457 e. The monoisotopic (exact) mass is 498 g/mol. The minimum Gasteiger partial charge on any atom is -0.457 e. The van der Waals surface area contributed by atoms with E-state index in [9.17, 15) is 14.9 Å². The van der Waals surface area contributed by atoms with E-state index in [-0.39, 0.29) is 11.6 Å². The molecule has 0 saturated carbocycles. The van der Waals surface area contributed by atoms with Crippen LogP contribution in [0.25, 0.3) is 11.3 Å². The summed E-state index contributed by atoms with van der Waals surface area (Å²) in [5.41, 5.74) is 2.11. The van der Waals surface area contributed by atoms with Crippen molar-refractivity contribution in [3.8, 4) is 22.8 Å². The highest BCUT2D eigenvalue weighted by Gasteiger charge is 2.36. The van der Waals surface area contributed by atoms with Crippen LogP contribution in [0.2, 0.25) is 0 Å². The maximum atomic E-state index is 13.0. The van der Waals surface area contributed by atoms with Crippen LogP contribution in [0.1, 0.15) is 6.92 Å². The van der Waals surface area contributed by atoms with E-state index in [0.717, 1.165) is 5.75 Å². The van der Waals surface area contributed by atoms with Gasteiger partial charge >= 0.3 is 0 Å². The fourth-order valence-corrected chi connectivity index (χ4v) is 4.22. The molecule has 1 aliphatic rings. The average Bonchev–Trinajstić information content (AvgIpc) is 3.49. The van der Waals surface area contributed by atoms with Crippen LogP contribution in [0.5, 0.6) is 11.5 Å². The van der Waals surface area contributed by atoms with Crippen molar-refractivity contribution >= 4 is 39.5 Å². The molecule has 1 amide bonds. The number of aromatic nitrogens is 1. The van der Waals surface area contributed by atoms with Gasteiger partial charge in [-0.25, -0.2) is 4.98 Å². The van der Waals surface area contributed by atoms with Crippen molar-refractivity contribution in [2.75, 3.05) is 5.01 Å². The number of benzene rings is 3. The topological polar surface area (TPSA) is 123 Å². The number of carbonyl (C=O) groups is 1. The number of nitrogens with zero attached hydrogens (tertiary/aromatic N) is 6. The van der Waals surface area contributed by atoms with Crippen LogP contribution in [-0.2, 0) is 4.79 Å². The predicted molar refractivity (Wildman–Crippen MR) is 136 cm³/mol. The second kappa shape index (κ2) is 9.84. The van der Waals surface area contributed by atoms with Gasteiger partial charge in [0.15, 0.2) is 6.04 Å². The molecule has 5 rings (SSSR count). The molecular weight excluding hydrogens is 480 g/mol. The Bertz CT molecular complexity index is 1480. The molecule has 0 saturated heterocycles. The van der Waals surface area contributed by atoms with Gasteiger partial charge in [0, 0.05) is 23.1 Å². The van der Waals surface area contributed by atoms with E-state index >= 15 is 0 Å². The van der Waals surface area contributed by atoms with Gasteiger partial charge in [0.05, 0.1) is 22.0 Å². The summed E-state index contributed by atoms with van der Waals surface area (Å²) < 4.78 is 5.77. The second-order valence-corrected chi connectivity index (χ2v) is 8.58. The fourth-order valence-electron chi connectivity index (χ4n) is 3.43. The molecule has 4 aromatic rings. The molecule has 0 fully saturated rings. The average molecular weight is 499 g/mol. The van der Waals surface area contributed by atoms with Gasteiger partial charge < -0.3 is 4.74 Å². The summed E-state index contributed by atoms with van der Waals surface area (Å²) in [4.78, 5) is 28.0. The van der Waals surface area contributed by atoms with Crippen molar-refractivity contribution < 1.29 is 14.5 Å². The molecule has 1 unspecified atom stereocenters. The quantitative estimate of drug-likeness (QED) is 0.166. The number of non-ortho nitro benzene ring substituents is 1. The van der Waals surface area contributed by atoms with Gasteiger partial charge in [0.25, 0.3) is 11.6 Å². The van der Waals surface area contributed by atoms with Crippen LogP contribution in [0.3, 0.4) is 0 Å². The number of anilines is 1. The van der Waals surface area contributed by atoms with E-state index in [2.05, 4.69) is 20.3 Å². The molecule has 0 spiro atoms. The van der Waals surface area contributed by atoms with Crippen LogP contribution in [0, 0.1) is 10.1 Å². The van der Waals surface area contributed by atoms with Crippen LogP contribution < -0.4 is 9.75 Å². The summed E-state index contributed by atoms with van der Waals surface area (Å²) in [5, 5.41) is 27.1. The molecule has 2 heterocycles. The fraction of sp³-hybridized carbons (Fsp3) is 0.0800. The maximum Gasteiger partial charge on any atom is 0.282 e. The Morgan fingerprint density at radius 2 is 1.78 bits per heavy atom. The Morgan fingerprint density at radius 3 is 2.53 bits per heavy atom. The third-order valence-corrected chi connectivity index (χ3v) is 6.04. The lowest BCUT2D eigenvalue weighted by molar-refractivity contribution is -0.384. The number of rotatable bonds is 7. The third kappa shape index (κ3) is 4.86. The molecule has 10 nitrogen and oxygen atoms in total. The molecular formula is C25H18N6O4S. The molecule has 178 valence electrons. The zero-order chi connectivity index (χ0) is 25.1. The summed E-state index contributed by atoms with van der Waals surface area (Å²) in [5.74, 6) is 1.01. The minimum atomic E-state index is -0.865. The van der Waals surface area contributed by atoms with E-state index in [1.165, 1.54) is 28.5 Å². The lowest BCUT2D eigenvalue weighted by Crippen LogP contribution is -2.29. The van der Waals surface area contributed by atoms with Crippen molar-refractivity contribution in [1.82, 2.24) is 4.98 Å². The van der Waals surface area contributed by atoms with E-state index in [4.69, 9.17) is 4.74 Å². The summed E-state index contributed by atoms with van der Waals surface area (Å²) in [7, 11) is 0. The number of hydrazone groups is 1. The smallest absolute Gasteiger partial charge is 0.282 e. The predicted octanol–water partition coefficient (Wildman–Crippen LogP) is 6.39. The lowest BCUT2D eigenvalue weighted by atomic mass is 10.1. The second-order valence-electron chi connectivity index (χ2n) is 7.74. The lowest BCUT2D eigenvalue weighted by Gasteiger charge is -2.08. The third-order valence-electron chi connectivity index (χ3n) is 5.23. The molecule has 1 atom stereocenters. The zero-order valence-electron chi connectivity index (χ0n) is 18.9. The summed E-state index contributed by atoms with van der Waals surface area (Å²) in [6.45, 7) is 1.70. The van der Waals surface area contributed by atoms with E-state index in [1.54, 1.807) is 48.7 Å². The van der Waals surface area contributed by atoms with Gasteiger partial charge in [0.1, 0.15) is 11.5 Å². The van der Waals surface area contributed by atoms with E-state index in [1.807, 2.05) is 30.3 Å². The maximum absolute atomic E-state index is 13.0. The first-order chi connectivity index (χ1) is 17.5. The van der Waals surface area contributed by atoms with Gasteiger partial charge in [-0.1, -0.05) is 30.3 Å². The first-order valence-corrected chi connectivity index (χ1v) is 11.7. The van der Waals surface area contributed by atoms with Crippen molar-refractivity contribution in [3.63, 3.8) is 0 Å². The summed E-state index contributed by atoms with van der Waals surface area (Å²) in [6.07, 6.45) is 0. The normalized spacial score (nSPS) is 15.4. The molecule has 1 aromatic heterocycles. The minimum absolute atomic E-state index is 0.0340. The number of thiazole rings is 1. The molecule has 3 aromatic carbocycles. The molecule has 1 aliphatic heterocycles. The zero-order valence-corrected chi connectivity index (χ0v) is 19.7. The van der Waals surface area contributed by atoms with E-state index < -0.39 is 11.0 Å². The number of amides is 1. The highest BCUT2D eigenvalue weighted by molar-refractivity contribution is 7.14. The molecule has 11 heteroatoms. The van der Waals surface area contributed by atoms with Crippen LogP contribution >= 0.6 is 11.3 Å². The number of nitro groups is 1. The Balaban J connectivity index is 1.27. The highest BCUT2D eigenvalue weighted by atomic mass is 32.1. The standard InChI is InChI=1S/C25H18N6O4S/c1-16-23(28-27-18-10-12-21(13-11-18)35-20-8-3-2-4-9-20)24(32)30(29-16)25-26-22(15-36-25)17-6-5-7-19(14-17)31(33)34/h2-15,23H,1H3. The van der Waals surface area contributed by atoms with Gasteiger partial charge in [-0.3, -0.25) is 14.9 Å². The van der Waals surface area contributed by atoms with Crippen molar-refractivity contribution in [3.05, 3.63) is 94.4 Å². The van der Waals surface area contributed by atoms with Crippen molar-refractivity contribution in [1.29, 1.82) is 0 Å². The number of nitro benzene ring substituents is 1. The SMILES string of the molecule is CC1=NN(c2nc(-c3cccc([N+](=O)[O-])c3)cs2)C(=O)C1N=Nc1ccc(Oc2ccccc2)cc1. The van der Waals surface area contributed by atoms with Gasteiger partial charge in [-0.2, -0.15) is 20.3 Å². The van der Waals surface area contributed by atoms with Crippen molar-refractivity contribution in [2.45, 2.75) is 13.0 Å². The van der Waals surface area contributed by atoms with Crippen LogP contribution in [0.15, 0.2) is 99.6 Å². The molecule has 0 aliphatic carbocycles.